The van der Waals surface area contributed by atoms with Gasteiger partial charge in [0.05, 0.1) is 0 Å². The van der Waals surface area contributed by atoms with E-state index in [0.717, 1.165) is 17.0 Å². The maximum Gasteiger partial charge on any atom is 0.247 e. The third-order valence-corrected chi connectivity index (χ3v) is 3.58. The van der Waals surface area contributed by atoms with Crippen molar-refractivity contribution in [1.29, 1.82) is 0 Å². The Morgan fingerprint density at radius 1 is 1.29 bits per heavy atom. The molecule has 0 saturated carbocycles. The lowest BCUT2D eigenvalue weighted by Crippen LogP contribution is -2.27. The van der Waals surface area contributed by atoms with Crippen LogP contribution < -0.4 is 11.1 Å². The molecule has 1 aromatic carbocycles. The average Bonchev–Trinajstić information content (AvgIpc) is 2.85. The molecule has 1 atom stereocenters. The summed E-state index contributed by atoms with van der Waals surface area (Å²) in [5, 5.41) is 12.2. The summed E-state index contributed by atoms with van der Waals surface area (Å²) in [6.07, 6.45) is 0.859. The summed E-state index contributed by atoms with van der Waals surface area (Å²) >= 11 is 1.39. The van der Waals surface area contributed by atoms with Crippen LogP contribution in [0.2, 0.25) is 0 Å². The maximum absolute atomic E-state index is 12.0. The molecule has 21 heavy (non-hydrogen) atoms. The molecule has 7 heteroatoms. The minimum atomic E-state index is -0.700. The second-order valence-corrected chi connectivity index (χ2v) is 6.04. The first-order valence-corrected chi connectivity index (χ1v) is 7.31. The number of halogens is 1. The van der Waals surface area contributed by atoms with Crippen LogP contribution in [0.4, 0.5) is 5.13 Å². The Labute approximate surface area is 134 Å². The molecule has 0 aliphatic carbocycles. The summed E-state index contributed by atoms with van der Waals surface area (Å²) in [7, 11) is 0. The summed E-state index contributed by atoms with van der Waals surface area (Å²) in [6.45, 7) is 4.23. The quantitative estimate of drug-likeness (QED) is 0.885. The number of amides is 1. The van der Waals surface area contributed by atoms with Gasteiger partial charge in [0.1, 0.15) is 11.0 Å². The van der Waals surface area contributed by atoms with Crippen LogP contribution in [0.25, 0.3) is 0 Å². The van der Waals surface area contributed by atoms with Crippen molar-refractivity contribution < 1.29 is 4.79 Å². The second kappa shape index (κ2) is 8.07. The lowest BCUT2D eigenvalue weighted by molar-refractivity contribution is -0.117. The lowest BCUT2D eigenvalue weighted by Gasteiger charge is -2.10. The first-order valence-electron chi connectivity index (χ1n) is 6.50. The van der Waals surface area contributed by atoms with E-state index < -0.39 is 6.04 Å². The number of hydrogen-bond acceptors (Lipinski definition) is 5. The van der Waals surface area contributed by atoms with Gasteiger partial charge in [-0.2, -0.15) is 0 Å². The molecule has 1 aromatic heterocycles. The van der Waals surface area contributed by atoms with Crippen molar-refractivity contribution in [2.24, 2.45) is 11.7 Å². The van der Waals surface area contributed by atoms with Gasteiger partial charge in [0.2, 0.25) is 11.0 Å². The van der Waals surface area contributed by atoms with Crippen molar-refractivity contribution in [2.45, 2.75) is 26.3 Å². The van der Waals surface area contributed by atoms with Crippen LogP contribution in [0.15, 0.2) is 30.3 Å². The van der Waals surface area contributed by atoms with Crippen LogP contribution in [-0.2, 0) is 11.2 Å². The summed E-state index contributed by atoms with van der Waals surface area (Å²) < 4.78 is 0. The number of nitrogens with two attached hydrogens (primary N) is 1. The summed E-state index contributed by atoms with van der Waals surface area (Å²) in [5.41, 5.74) is 6.69. The van der Waals surface area contributed by atoms with Gasteiger partial charge >= 0.3 is 0 Å². The van der Waals surface area contributed by atoms with E-state index >= 15 is 0 Å². The molecule has 0 aliphatic heterocycles. The van der Waals surface area contributed by atoms with Crippen molar-refractivity contribution >= 4 is 34.8 Å². The molecule has 114 valence electrons. The fraction of sp³-hybridized carbons (Fsp3) is 0.357. The number of hydrogen-bond donors (Lipinski definition) is 2. The van der Waals surface area contributed by atoms with Gasteiger partial charge in [0.15, 0.2) is 0 Å². The van der Waals surface area contributed by atoms with Gasteiger partial charge in [-0.25, -0.2) is 0 Å². The Hall–Kier alpha value is -1.50. The predicted molar refractivity (Wildman–Crippen MR) is 87.7 cm³/mol. The van der Waals surface area contributed by atoms with E-state index in [2.05, 4.69) is 29.4 Å². The Kier molecular flexibility index (Phi) is 6.74. The summed E-state index contributed by atoms with van der Waals surface area (Å²) in [4.78, 5) is 12.0. The molecule has 1 unspecified atom stereocenters. The standard InChI is InChI=1S/C14H18N4OS.ClH/c1-9(2)8-11-17-18-14(20-11)16-13(19)12(15)10-6-4-3-5-7-10;/h3-7,9,12H,8,15H2,1-2H3,(H,16,18,19);1H. The van der Waals surface area contributed by atoms with E-state index in [-0.39, 0.29) is 18.3 Å². The number of nitrogens with zero attached hydrogens (tertiary/aromatic N) is 2. The van der Waals surface area contributed by atoms with Crippen molar-refractivity contribution in [3.8, 4) is 0 Å². The van der Waals surface area contributed by atoms with E-state index in [1.54, 1.807) is 0 Å². The van der Waals surface area contributed by atoms with E-state index in [9.17, 15) is 4.79 Å². The van der Waals surface area contributed by atoms with Crippen LogP contribution in [0.3, 0.4) is 0 Å². The molecule has 0 saturated heterocycles. The molecule has 0 bridgehead atoms. The molecule has 2 rings (SSSR count). The molecule has 0 aliphatic rings. The van der Waals surface area contributed by atoms with Crippen LogP contribution >= 0.6 is 23.7 Å². The smallest absolute Gasteiger partial charge is 0.247 e. The van der Waals surface area contributed by atoms with Crippen LogP contribution in [-0.4, -0.2) is 16.1 Å². The number of rotatable bonds is 5. The fourth-order valence-electron chi connectivity index (χ4n) is 1.73. The number of aromatic nitrogens is 2. The molecule has 3 N–H and O–H groups in total. The van der Waals surface area contributed by atoms with E-state index in [0.29, 0.717) is 11.0 Å². The summed E-state index contributed by atoms with van der Waals surface area (Å²) in [5.74, 6) is 0.238. The number of carbonyl (C=O) groups excluding carboxylic acids is 1. The molecular formula is C14H19ClN4OS. The zero-order valence-electron chi connectivity index (χ0n) is 11.9. The highest BCUT2D eigenvalue weighted by Crippen LogP contribution is 2.20. The van der Waals surface area contributed by atoms with Gasteiger partial charge in [0, 0.05) is 6.42 Å². The third-order valence-electron chi connectivity index (χ3n) is 2.72. The average molecular weight is 327 g/mol. The zero-order valence-corrected chi connectivity index (χ0v) is 13.6. The first kappa shape index (κ1) is 17.6. The Morgan fingerprint density at radius 2 is 1.95 bits per heavy atom. The first-order chi connectivity index (χ1) is 9.56. The highest BCUT2D eigenvalue weighted by molar-refractivity contribution is 7.15. The van der Waals surface area contributed by atoms with E-state index in [1.165, 1.54) is 11.3 Å². The Balaban J connectivity index is 0.00000220. The van der Waals surface area contributed by atoms with Gasteiger partial charge in [-0.15, -0.1) is 22.6 Å². The molecule has 2 aromatic rings. The largest absolute Gasteiger partial charge is 0.316 e. The van der Waals surface area contributed by atoms with Crippen molar-refractivity contribution in [1.82, 2.24) is 10.2 Å². The number of anilines is 1. The highest BCUT2D eigenvalue weighted by atomic mass is 35.5. The molecule has 0 spiro atoms. The SMILES string of the molecule is CC(C)Cc1nnc(NC(=O)C(N)c2ccccc2)s1.Cl. The van der Waals surface area contributed by atoms with Crippen LogP contribution in [0, 0.1) is 5.92 Å². The highest BCUT2D eigenvalue weighted by Gasteiger charge is 2.17. The number of nitrogens with one attached hydrogen (secondary N) is 1. The molecular weight excluding hydrogens is 308 g/mol. The number of carbonyl (C=O) groups is 1. The lowest BCUT2D eigenvalue weighted by atomic mass is 10.1. The van der Waals surface area contributed by atoms with E-state index in [1.807, 2.05) is 30.3 Å². The molecule has 1 heterocycles. The monoisotopic (exact) mass is 326 g/mol. The minimum Gasteiger partial charge on any atom is -0.316 e. The fourth-order valence-corrected chi connectivity index (χ4v) is 2.69. The molecule has 5 nitrogen and oxygen atoms in total. The zero-order chi connectivity index (χ0) is 14.5. The van der Waals surface area contributed by atoms with Crippen LogP contribution in [0.1, 0.15) is 30.5 Å². The van der Waals surface area contributed by atoms with E-state index in [4.69, 9.17) is 5.73 Å². The predicted octanol–water partition coefficient (Wildman–Crippen LogP) is 2.80. The number of benzene rings is 1. The van der Waals surface area contributed by atoms with Crippen LogP contribution in [0.5, 0.6) is 0 Å². The van der Waals surface area contributed by atoms with Crippen molar-refractivity contribution in [3.63, 3.8) is 0 Å². The van der Waals surface area contributed by atoms with Gasteiger partial charge < -0.3 is 5.73 Å². The van der Waals surface area contributed by atoms with Gasteiger partial charge in [-0.1, -0.05) is 55.5 Å². The van der Waals surface area contributed by atoms with Gasteiger partial charge in [-0.05, 0) is 11.5 Å². The third kappa shape index (κ3) is 5.08. The van der Waals surface area contributed by atoms with Gasteiger partial charge in [0.25, 0.3) is 0 Å². The maximum atomic E-state index is 12.0. The normalized spacial score (nSPS) is 11.8. The topological polar surface area (TPSA) is 80.9 Å². The Morgan fingerprint density at radius 3 is 2.57 bits per heavy atom. The molecule has 0 fully saturated rings. The van der Waals surface area contributed by atoms with Crippen molar-refractivity contribution in [3.05, 3.63) is 40.9 Å². The van der Waals surface area contributed by atoms with Crippen molar-refractivity contribution in [2.75, 3.05) is 5.32 Å². The minimum absolute atomic E-state index is 0. The summed E-state index contributed by atoms with van der Waals surface area (Å²) in [6, 6.07) is 8.55. The second-order valence-electron chi connectivity index (χ2n) is 4.98. The Bertz CT molecular complexity index is 573. The molecule has 1 amide bonds. The van der Waals surface area contributed by atoms with Gasteiger partial charge in [-0.3, -0.25) is 10.1 Å². The molecule has 0 radical (unpaired) electrons.